The van der Waals surface area contributed by atoms with Gasteiger partial charge in [-0.15, -0.1) is 24.8 Å². The fraction of sp³-hybridized carbons (Fsp3) is 0.588. The van der Waals surface area contributed by atoms with Gasteiger partial charge in [0.15, 0.2) is 0 Å². The number of phenols is 1. The van der Waals surface area contributed by atoms with E-state index in [-0.39, 0.29) is 51.9 Å². The monoisotopic (exact) mass is 379 g/mol. The van der Waals surface area contributed by atoms with Crippen molar-refractivity contribution in [1.82, 2.24) is 0 Å². The third-order valence-electron chi connectivity index (χ3n) is 3.87. The summed E-state index contributed by atoms with van der Waals surface area (Å²) < 4.78 is 0. The van der Waals surface area contributed by atoms with Gasteiger partial charge in [-0.05, 0) is 29.9 Å². The average molecular weight is 380 g/mol. The fourth-order valence-corrected chi connectivity index (χ4v) is 2.69. The number of aliphatic imine (C=N–C) groups is 1. The molecule has 1 aromatic carbocycles. The van der Waals surface area contributed by atoms with Crippen molar-refractivity contribution in [2.75, 3.05) is 0 Å². The molecule has 22 heavy (non-hydrogen) atoms. The van der Waals surface area contributed by atoms with Gasteiger partial charge in [0.05, 0.1) is 0 Å². The minimum atomic E-state index is -0.0429. The molecule has 1 aromatic rings. The maximum Gasteiger partial charge on any atom is 0.128 e. The molecule has 0 aromatic heterocycles. The van der Waals surface area contributed by atoms with Gasteiger partial charge in [0.1, 0.15) is 5.75 Å². The van der Waals surface area contributed by atoms with E-state index in [1.807, 2.05) is 24.4 Å². The van der Waals surface area contributed by atoms with E-state index in [4.69, 9.17) is 0 Å². The first-order chi connectivity index (χ1) is 8.98. The molecule has 0 spiro atoms. The van der Waals surface area contributed by atoms with Gasteiger partial charge in [-0.1, -0.05) is 52.2 Å². The minimum Gasteiger partial charge on any atom is -0.507 e. The summed E-state index contributed by atoms with van der Waals surface area (Å²) in [6.07, 6.45) is 8.16. The van der Waals surface area contributed by atoms with E-state index in [1.54, 1.807) is 0 Å². The molecule has 0 atom stereocenters. The van der Waals surface area contributed by atoms with Crippen LogP contribution in [0.3, 0.4) is 0 Å². The summed E-state index contributed by atoms with van der Waals surface area (Å²) in [5, 5.41) is 10.4. The number of benzene rings is 1. The average Bonchev–Trinajstić information content (AvgIpc) is 2.37. The summed E-state index contributed by atoms with van der Waals surface area (Å²) in [7, 11) is 0. The van der Waals surface area contributed by atoms with Crippen LogP contribution in [0.2, 0.25) is 0 Å². The number of aromatic hydroxyl groups is 1. The molecule has 5 heteroatoms. The second-order valence-electron chi connectivity index (χ2n) is 6.56. The van der Waals surface area contributed by atoms with Crippen molar-refractivity contribution < 1.29 is 26.8 Å². The van der Waals surface area contributed by atoms with Crippen LogP contribution in [-0.4, -0.2) is 17.4 Å². The first-order valence-corrected chi connectivity index (χ1v) is 7.34. The van der Waals surface area contributed by atoms with Gasteiger partial charge in [0.25, 0.3) is 0 Å². The Hall–Kier alpha value is -0.0157. The van der Waals surface area contributed by atoms with Crippen molar-refractivity contribution >= 4 is 31.0 Å². The Morgan fingerprint density at radius 1 is 1.09 bits per heavy atom. The summed E-state index contributed by atoms with van der Waals surface area (Å²) >= 11 is 0. The number of hydrogen-bond acceptors (Lipinski definition) is 2. The fourth-order valence-electron chi connectivity index (χ4n) is 2.69. The molecule has 1 saturated carbocycles. The number of rotatable bonds is 2. The first kappa shape index (κ1) is 24.2. The van der Waals surface area contributed by atoms with Crippen LogP contribution in [-0.2, 0) is 27.1 Å². The molecule has 1 aliphatic rings. The van der Waals surface area contributed by atoms with Gasteiger partial charge in [-0.3, -0.25) is 4.99 Å². The Kier molecular flexibility index (Phi) is 11.8. The van der Waals surface area contributed by atoms with Crippen molar-refractivity contribution in [3.05, 3.63) is 29.3 Å². The molecule has 0 aliphatic heterocycles. The molecule has 1 N–H and O–H groups in total. The Morgan fingerprint density at radius 3 is 2.23 bits per heavy atom. The van der Waals surface area contributed by atoms with Gasteiger partial charge >= 0.3 is 0 Å². The third kappa shape index (κ3) is 6.62. The van der Waals surface area contributed by atoms with E-state index in [1.165, 1.54) is 32.1 Å². The third-order valence-corrected chi connectivity index (χ3v) is 3.87. The van der Waals surface area contributed by atoms with Crippen LogP contribution in [0.5, 0.6) is 5.75 Å². The largest absolute Gasteiger partial charge is 0.507 e. The second-order valence-corrected chi connectivity index (χ2v) is 6.56. The molecule has 1 fully saturated rings. The number of halogens is 2. The molecule has 0 unspecified atom stereocenters. The molecule has 0 radical (unpaired) electrons. The number of para-hydroxylation sites is 1. The smallest absolute Gasteiger partial charge is 0.128 e. The Bertz CT molecular complexity index is 466. The predicted molar refractivity (Wildman–Crippen MR) is 95.8 cm³/mol. The van der Waals surface area contributed by atoms with Crippen LogP contribution < -0.4 is 0 Å². The van der Waals surface area contributed by atoms with Crippen LogP contribution >= 0.6 is 24.8 Å². The summed E-state index contributed by atoms with van der Waals surface area (Å²) in [4.78, 5) is 4.65. The predicted octanol–water partition coefficient (Wildman–Crippen LogP) is 5.28. The van der Waals surface area contributed by atoms with Crippen molar-refractivity contribution in [3.63, 3.8) is 0 Å². The summed E-state index contributed by atoms with van der Waals surface area (Å²) in [6, 6.07) is 6.39. The zero-order valence-electron chi connectivity index (χ0n) is 13.6. The quantitative estimate of drug-likeness (QED) is 0.550. The first-order valence-electron chi connectivity index (χ1n) is 7.34. The zero-order valence-corrected chi connectivity index (χ0v) is 16.8. The van der Waals surface area contributed by atoms with E-state index in [2.05, 4.69) is 25.8 Å². The van der Waals surface area contributed by atoms with Crippen molar-refractivity contribution in [3.8, 4) is 5.75 Å². The molecule has 0 bridgehead atoms. The van der Waals surface area contributed by atoms with Crippen molar-refractivity contribution in [1.29, 1.82) is 0 Å². The Balaban J connectivity index is 0. The second kappa shape index (κ2) is 10.7. The molecule has 2 rings (SSSR count). The van der Waals surface area contributed by atoms with Crippen molar-refractivity contribution in [2.24, 2.45) is 4.99 Å². The van der Waals surface area contributed by atoms with Crippen molar-refractivity contribution in [2.45, 2.75) is 64.3 Å². The van der Waals surface area contributed by atoms with Gasteiger partial charge in [0.2, 0.25) is 0 Å². The van der Waals surface area contributed by atoms with E-state index in [9.17, 15) is 5.11 Å². The number of nitrogens with zero attached hydrogens (tertiary/aromatic N) is 1. The zero-order chi connectivity index (χ0) is 13.9. The van der Waals surface area contributed by atoms with Gasteiger partial charge < -0.3 is 5.11 Å². The summed E-state index contributed by atoms with van der Waals surface area (Å²) in [5.74, 6) is 0.384. The summed E-state index contributed by atoms with van der Waals surface area (Å²) in [5.41, 5.74) is 1.79. The standard InChI is InChI=1S/C17H25NO.2ClH.Ti/c1-17(2,3)15-11-7-8-13(16(15)19)12-18-14-9-5-4-6-10-14;;;/h7-8,11-12,14,19H,4-6,9-10H2,1-3H3;2*1H;. The molecule has 1 aliphatic carbocycles. The van der Waals surface area contributed by atoms with Gasteiger partial charge in [-0.25, -0.2) is 0 Å². The molecule has 0 heterocycles. The molecule has 124 valence electrons. The Morgan fingerprint density at radius 2 is 1.68 bits per heavy atom. The minimum absolute atomic E-state index is 0. The van der Waals surface area contributed by atoms with Crippen LogP contribution in [0, 0.1) is 0 Å². The van der Waals surface area contributed by atoms with E-state index in [0.717, 1.165) is 11.1 Å². The van der Waals surface area contributed by atoms with Crippen LogP contribution in [0.15, 0.2) is 23.2 Å². The maximum atomic E-state index is 10.4. The summed E-state index contributed by atoms with van der Waals surface area (Å²) in [6.45, 7) is 6.35. The van der Waals surface area contributed by atoms with E-state index < -0.39 is 0 Å². The number of phenolic OH excluding ortho intramolecular Hbond substituents is 1. The van der Waals surface area contributed by atoms with E-state index in [0.29, 0.717) is 11.8 Å². The maximum absolute atomic E-state index is 10.4. The Labute approximate surface area is 161 Å². The molecular formula is C17H27Cl2NOTi. The van der Waals surface area contributed by atoms with Gasteiger partial charge in [0, 0.05) is 39.5 Å². The number of hydrogen-bond donors (Lipinski definition) is 1. The normalized spacial score (nSPS) is 15.6. The van der Waals surface area contributed by atoms with E-state index >= 15 is 0 Å². The van der Waals surface area contributed by atoms with Crippen LogP contribution in [0.1, 0.15) is 64.0 Å². The van der Waals surface area contributed by atoms with Gasteiger partial charge in [-0.2, -0.15) is 0 Å². The topological polar surface area (TPSA) is 32.6 Å². The molecule has 2 nitrogen and oxygen atoms in total. The SMILES string of the molecule is CC(C)(C)c1cccc(C=NC2CCCCC2)c1O.Cl.Cl.[Ti]. The molecule has 0 saturated heterocycles. The van der Waals surface area contributed by atoms with Crippen LogP contribution in [0.4, 0.5) is 0 Å². The van der Waals surface area contributed by atoms with Crippen LogP contribution in [0.25, 0.3) is 0 Å². The molecule has 0 amide bonds. The molecular weight excluding hydrogens is 353 g/mol.